The number of halogens is 1. The predicted octanol–water partition coefficient (Wildman–Crippen LogP) is 0.968. The molecule has 130 valence electrons. The molecule has 0 bridgehead atoms. The number of ether oxygens (including phenoxy) is 1. The molecule has 0 aliphatic carbocycles. The average Bonchev–Trinajstić information content (AvgIpc) is 2.95. The van der Waals surface area contributed by atoms with E-state index < -0.39 is 0 Å². The maximum absolute atomic E-state index is 12.4. The van der Waals surface area contributed by atoms with Gasteiger partial charge in [-0.1, -0.05) is 11.6 Å². The lowest BCUT2D eigenvalue weighted by Gasteiger charge is -2.23. The quantitative estimate of drug-likeness (QED) is 0.764. The number of hydrogen-bond donors (Lipinski definition) is 0. The number of carbonyl (C=O) groups excluding carboxylic acids is 3. The van der Waals surface area contributed by atoms with Gasteiger partial charge in [0.25, 0.3) is 0 Å². The summed E-state index contributed by atoms with van der Waals surface area (Å²) in [6.45, 7) is 2.21. The number of rotatable bonds is 6. The Balaban J connectivity index is 2.00. The van der Waals surface area contributed by atoms with Gasteiger partial charge in [-0.15, -0.1) is 0 Å². The maximum Gasteiger partial charge on any atom is 0.249 e. The van der Waals surface area contributed by atoms with E-state index in [0.717, 1.165) is 0 Å². The summed E-state index contributed by atoms with van der Waals surface area (Å²) in [6, 6.07) is 6.84. The molecule has 24 heavy (non-hydrogen) atoms. The van der Waals surface area contributed by atoms with Crippen molar-refractivity contribution in [2.24, 2.45) is 0 Å². The number of nitrogens with zero attached hydrogens (tertiary/aromatic N) is 3. The van der Waals surface area contributed by atoms with Gasteiger partial charge in [0.1, 0.15) is 19.8 Å². The molecule has 1 fully saturated rings. The fraction of sp³-hybridized carbons (Fsp3) is 0.438. The molecule has 1 aliphatic heterocycles. The highest BCUT2D eigenvalue weighted by Crippen LogP contribution is 2.21. The Kier molecular flexibility index (Phi) is 6.16. The van der Waals surface area contributed by atoms with E-state index in [9.17, 15) is 14.4 Å². The van der Waals surface area contributed by atoms with Crippen LogP contribution in [-0.4, -0.2) is 67.5 Å². The van der Waals surface area contributed by atoms with Crippen LogP contribution in [0, 0.1) is 0 Å². The van der Waals surface area contributed by atoms with Crippen LogP contribution in [0.15, 0.2) is 24.3 Å². The van der Waals surface area contributed by atoms with Gasteiger partial charge in [0.15, 0.2) is 0 Å². The van der Waals surface area contributed by atoms with Crippen molar-refractivity contribution in [3.8, 4) is 0 Å². The van der Waals surface area contributed by atoms with Crippen LogP contribution in [0.5, 0.6) is 0 Å². The summed E-state index contributed by atoms with van der Waals surface area (Å²) in [5, 5.41) is 0.577. The minimum atomic E-state index is -0.272. The first kappa shape index (κ1) is 18.2. The molecular formula is C16H20ClN3O4. The Morgan fingerprint density at radius 1 is 1.29 bits per heavy atom. The van der Waals surface area contributed by atoms with Crippen molar-refractivity contribution >= 4 is 35.0 Å². The van der Waals surface area contributed by atoms with Crippen molar-refractivity contribution in [1.82, 2.24) is 9.80 Å². The summed E-state index contributed by atoms with van der Waals surface area (Å²) < 4.78 is 4.81. The van der Waals surface area contributed by atoms with E-state index in [1.807, 2.05) is 0 Å². The van der Waals surface area contributed by atoms with Crippen LogP contribution in [0.2, 0.25) is 5.02 Å². The van der Waals surface area contributed by atoms with E-state index in [0.29, 0.717) is 17.3 Å². The highest BCUT2D eigenvalue weighted by atomic mass is 35.5. The van der Waals surface area contributed by atoms with E-state index in [2.05, 4.69) is 0 Å². The third-order valence-electron chi connectivity index (χ3n) is 3.76. The summed E-state index contributed by atoms with van der Waals surface area (Å²) in [4.78, 5) is 40.8. The number of anilines is 1. The number of carbonyl (C=O) groups is 3. The first-order valence-electron chi connectivity index (χ1n) is 7.56. The highest BCUT2D eigenvalue weighted by molar-refractivity contribution is 6.30. The largest absolute Gasteiger partial charge is 0.375 e. The molecule has 8 heteroatoms. The van der Waals surface area contributed by atoms with Gasteiger partial charge in [-0.3, -0.25) is 19.3 Å². The lowest BCUT2D eigenvalue weighted by Crippen LogP contribution is -2.43. The Bertz CT molecular complexity index is 620. The van der Waals surface area contributed by atoms with Crippen LogP contribution < -0.4 is 4.90 Å². The second-order valence-corrected chi connectivity index (χ2v) is 5.81. The minimum Gasteiger partial charge on any atom is -0.375 e. The van der Waals surface area contributed by atoms with Crippen LogP contribution in [0.4, 0.5) is 5.69 Å². The Morgan fingerprint density at radius 2 is 1.96 bits per heavy atom. The number of hydrogen-bond acceptors (Lipinski definition) is 4. The van der Waals surface area contributed by atoms with Gasteiger partial charge < -0.3 is 14.5 Å². The molecule has 2 rings (SSSR count). The topological polar surface area (TPSA) is 70.2 Å². The molecular weight excluding hydrogens is 334 g/mol. The van der Waals surface area contributed by atoms with Gasteiger partial charge in [-0.05, 0) is 31.2 Å². The van der Waals surface area contributed by atoms with E-state index in [1.165, 1.54) is 21.8 Å². The van der Waals surface area contributed by atoms with Gasteiger partial charge in [-0.2, -0.15) is 0 Å². The molecule has 0 spiro atoms. The van der Waals surface area contributed by atoms with Gasteiger partial charge in [0.2, 0.25) is 17.7 Å². The number of methoxy groups -OCH3 is 1. The Labute approximate surface area is 145 Å². The molecule has 7 nitrogen and oxygen atoms in total. The summed E-state index contributed by atoms with van der Waals surface area (Å²) in [5.74, 6) is -0.698. The minimum absolute atomic E-state index is 0.00250. The summed E-state index contributed by atoms with van der Waals surface area (Å²) >= 11 is 5.85. The van der Waals surface area contributed by atoms with Crippen LogP contribution in [0.1, 0.15) is 6.92 Å². The molecule has 0 unspecified atom stereocenters. The zero-order valence-electron chi connectivity index (χ0n) is 13.7. The number of benzene rings is 1. The summed E-state index contributed by atoms with van der Waals surface area (Å²) in [6.07, 6.45) is 0. The smallest absolute Gasteiger partial charge is 0.249 e. The van der Waals surface area contributed by atoms with E-state index in [-0.39, 0.29) is 44.1 Å². The van der Waals surface area contributed by atoms with Crippen molar-refractivity contribution in [3.63, 3.8) is 0 Å². The molecule has 0 atom stereocenters. The van der Waals surface area contributed by atoms with Gasteiger partial charge in [0, 0.05) is 24.4 Å². The third-order valence-corrected chi connectivity index (χ3v) is 4.01. The van der Waals surface area contributed by atoms with Crippen LogP contribution in [0.25, 0.3) is 0 Å². The molecule has 0 aromatic heterocycles. The van der Waals surface area contributed by atoms with Crippen molar-refractivity contribution in [2.75, 3.05) is 44.9 Å². The number of likely N-dealkylation sites (N-methyl/N-ethyl adjacent to an activating group) is 1. The standard InChI is InChI=1S/C16H20ClN3O4/c1-3-18(16(23)10-24-2)8-14(21)19-9-15(22)20(11-19)13-6-4-12(17)5-7-13/h4-7H,3,8-11H2,1-2H3. The average molecular weight is 354 g/mol. The first-order valence-corrected chi connectivity index (χ1v) is 7.94. The van der Waals surface area contributed by atoms with Crippen LogP contribution >= 0.6 is 11.6 Å². The molecule has 0 radical (unpaired) electrons. The lowest BCUT2D eigenvalue weighted by molar-refractivity contribution is -0.142. The third kappa shape index (κ3) is 4.24. The van der Waals surface area contributed by atoms with E-state index >= 15 is 0 Å². The Hall–Kier alpha value is -2.12. The molecule has 0 N–H and O–H groups in total. The second kappa shape index (κ2) is 8.12. The molecule has 1 aliphatic rings. The van der Waals surface area contributed by atoms with Crippen LogP contribution in [0.3, 0.4) is 0 Å². The second-order valence-electron chi connectivity index (χ2n) is 5.37. The van der Waals surface area contributed by atoms with Crippen molar-refractivity contribution in [3.05, 3.63) is 29.3 Å². The summed E-state index contributed by atoms with van der Waals surface area (Å²) in [5.41, 5.74) is 0.683. The van der Waals surface area contributed by atoms with Gasteiger partial charge in [0.05, 0.1) is 6.54 Å². The van der Waals surface area contributed by atoms with Crippen molar-refractivity contribution in [2.45, 2.75) is 6.92 Å². The molecule has 1 aromatic carbocycles. The van der Waals surface area contributed by atoms with Gasteiger partial charge in [-0.25, -0.2) is 0 Å². The molecule has 0 saturated carbocycles. The molecule has 3 amide bonds. The Morgan fingerprint density at radius 3 is 2.54 bits per heavy atom. The van der Waals surface area contributed by atoms with Crippen molar-refractivity contribution < 1.29 is 19.1 Å². The zero-order valence-corrected chi connectivity index (χ0v) is 14.5. The maximum atomic E-state index is 12.4. The highest BCUT2D eigenvalue weighted by Gasteiger charge is 2.32. The van der Waals surface area contributed by atoms with Gasteiger partial charge >= 0.3 is 0 Å². The monoisotopic (exact) mass is 353 g/mol. The predicted molar refractivity (Wildman–Crippen MR) is 89.6 cm³/mol. The fourth-order valence-electron chi connectivity index (χ4n) is 2.42. The fourth-order valence-corrected chi connectivity index (χ4v) is 2.54. The first-order chi connectivity index (χ1) is 11.5. The molecule has 1 aromatic rings. The van der Waals surface area contributed by atoms with Crippen molar-refractivity contribution in [1.29, 1.82) is 0 Å². The SMILES string of the molecule is CCN(CC(=O)N1CC(=O)N(c2ccc(Cl)cc2)C1)C(=O)COC. The van der Waals surface area contributed by atoms with Crippen LogP contribution in [-0.2, 0) is 19.1 Å². The van der Waals surface area contributed by atoms with E-state index in [1.54, 1.807) is 31.2 Å². The lowest BCUT2D eigenvalue weighted by atomic mass is 10.3. The summed E-state index contributed by atoms with van der Waals surface area (Å²) in [7, 11) is 1.43. The molecule has 1 saturated heterocycles. The normalized spacial score (nSPS) is 14.2. The number of amides is 3. The van der Waals surface area contributed by atoms with E-state index in [4.69, 9.17) is 16.3 Å². The molecule has 1 heterocycles. The zero-order chi connectivity index (χ0) is 17.7.